The molecule has 0 spiro atoms. The molecule has 1 N–H and O–H groups in total. The fourth-order valence-corrected chi connectivity index (χ4v) is 2.77. The molecule has 2 aromatic rings. The number of aliphatic hydroxyl groups excluding tert-OH is 1. The molecular formula is C14H17ClN4O2S. The maximum atomic E-state index is 12.3. The van der Waals surface area contributed by atoms with Gasteiger partial charge in [0, 0.05) is 18.5 Å². The van der Waals surface area contributed by atoms with E-state index < -0.39 is 0 Å². The van der Waals surface area contributed by atoms with E-state index in [1.165, 1.54) is 11.8 Å². The third-order valence-corrected chi connectivity index (χ3v) is 4.12. The number of aromatic nitrogens is 3. The van der Waals surface area contributed by atoms with Crippen LogP contribution in [0.15, 0.2) is 30.7 Å². The summed E-state index contributed by atoms with van der Waals surface area (Å²) in [5.41, 5.74) is 1.34. The highest BCUT2D eigenvalue weighted by atomic mass is 35.5. The van der Waals surface area contributed by atoms with E-state index in [4.69, 9.17) is 16.7 Å². The first-order valence-electron chi connectivity index (χ1n) is 6.82. The average molecular weight is 341 g/mol. The predicted molar refractivity (Wildman–Crippen MR) is 88.8 cm³/mol. The lowest BCUT2D eigenvalue weighted by atomic mass is 10.4. The van der Waals surface area contributed by atoms with Crippen molar-refractivity contribution in [1.29, 1.82) is 0 Å². The molecule has 0 aliphatic carbocycles. The van der Waals surface area contributed by atoms with Crippen molar-refractivity contribution in [1.82, 2.24) is 14.8 Å². The van der Waals surface area contributed by atoms with Gasteiger partial charge < -0.3 is 10.0 Å². The largest absolute Gasteiger partial charge is 0.396 e. The molecule has 0 fully saturated rings. The summed E-state index contributed by atoms with van der Waals surface area (Å²) in [6, 6.07) is 3.66. The molecule has 0 radical (unpaired) electrons. The number of carbonyl (C=O) groups is 1. The van der Waals surface area contributed by atoms with Gasteiger partial charge >= 0.3 is 0 Å². The van der Waals surface area contributed by atoms with E-state index in [9.17, 15) is 4.79 Å². The van der Waals surface area contributed by atoms with Gasteiger partial charge in [-0.3, -0.25) is 9.78 Å². The summed E-state index contributed by atoms with van der Waals surface area (Å²) in [4.78, 5) is 17.9. The van der Waals surface area contributed by atoms with Gasteiger partial charge in [0.2, 0.25) is 5.91 Å². The number of amides is 1. The van der Waals surface area contributed by atoms with Gasteiger partial charge in [0.05, 0.1) is 30.4 Å². The first kappa shape index (κ1) is 16.8. The molecule has 22 heavy (non-hydrogen) atoms. The molecule has 2 rings (SSSR count). The summed E-state index contributed by atoms with van der Waals surface area (Å²) in [5, 5.41) is 13.3. The van der Waals surface area contributed by atoms with Gasteiger partial charge in [0.15, 0.2) is 5.15 Å². The molecule has 0 unspecified atom stereocenters. The van der Waals surface area contributed by atoms with Crippen molar-refractivity contribution >= 4 is 35.0 Å². The van der Waals surface area contributed by atoms with Crippen molar-refractivity contribution in [3.05, 3.63) is 35.9 Å². The quantitative estimate of drug-likeness (QED) is 0.780. The molecule has 118 valence electrons. The lowest BCUT2D eigenvalue weighted by Gasteiger charge is -2.19. The zero-order valence-corrected chi connectivity index (χ0v) is 13.7. The van der Waals surface area contributed by atoms with Crippen molar-refractivity contribution in [3.63, 3.8) is 0 Å². The van der Waals surface area contributed by atoms with Crippen LogP contribution in [-0.2, 0) is 4.79 Å². The minimum atomic E-state index is -0.0615. The number of halogens is 1. The Kier molecular flexibility index (Phi) is 6.23. The second-order valence-corrected chi connectivity index (χ2v) is 5.84. The second kappa shape index (κ2) is 8.17. The lowest BCUT2D eigenvalue weighted by Crippen LogP contribution is -2.32. The van der Waals surface area contributed by atoms with Gasteiger partial charge in [-0.2, -0.15) is 5.10 Å². The first-order valence-corrected chi connectivity index (χ1v) is 8.35. The third kappa shape index (κ3) is 4.00. The van der Waals surface area contributed by atoms with Crippen LogP contribution in [0.5, 0.6) is 0 Å². The Hall–Kier alpha value is -1.57. The number of hydrogen-bond donors (Lipinski definition) is 1. The van der Waals surface area contributed by atoms with Crippen LogP contribution in [-0.4, -0.2) is 50.4 Å². The molecular weight excluding hydrogens is 324 g/mol. The van der Waals surface area contributed by atoms with Crippen LogP contribution in [0.25, 0.3) is 5.69 Å². The predicted octanol–water partition coefficient (Wildman–Crippen LogP) is 2.00. The van der Waals surface area contributed by atoms with Gasteiger partial charge in [-0.05, 0) is 19.1 Å². The maximum absolute atomic E-state index is 12.3. The topological polar surface area (TPSA) is 71.2 Å². The molecule has 0 aromatic carbocycles. The van der Waals surface area contributed by atoms with Gasteiger partial charge in [0.25, 0.3) is 0 Å². The van der Waals surface area contributed by atoms with Crippen LogP contribution >= 0.6 is 23.4 Å². The molecule has 0 saturated carbocycles. The molecule has 2 heterocycles. The fraction of sp³-hybridized carbons (Fsp3) is 0.357. The van der Waals surface area contributed by atoms with Crippen LogP contribution in [0.1, 0.15) is 6.92 Å². The molecule has 0 atom stereocenters. The molecule has 0 aliphatic rings. The number of thioether (sulfide) groups is 1. The highest BCUT2D eigenvalue weighted by molar-refractivity contribution is 7.99. The Balaban J connectivity index is 2.19. The van der Waals surface area contributed by atoms with Gasteiger partial charge in [-0.25, -0.2) is 4.68 Å². The minimum Gasteiger partial charge on any atom is -0.396 e. The Morgan fingerprint density at radius 3 is 3.00 bits per heavy atom. The Morgan fingerprint density at radius 1 is 1.55 bits per heavy atom. The Bertz CT molecular complexity index is 621. The monoisotopic (exact) mass is 340 g/mol. The standard InChI is InChI=1S/C14H17ClN4O2S/c1-2-18(13(21)10-22-7-6-20)12-9-19(17-14(12)15)11-4-3-5-16-8-11/h3-5,8-9,20H,2,6-7,10H2,1H3. The third-order valence-electron chi connectivity index (χ3n) is 2.93. The number of carbonyl (C=O) groups excluding carboxylic acids is 1. The highest BCUT2D eigenvalue weighted by Gasteiger charge is 2.20. The number of anilines is 1. The van der Waals surface area contributed by atoms with E-state index >= 15 is 0 Å². The van der Waals surface area contributed by atoms with E-state index in [-0.39, 0.29) is 17.7 Å². The van der Waals surface area contributed by atoms with Crippen LogP contribution < -0.4 is 4.90 Å². The van der Waals surface area contributed by atoms with E-state index in [0.29, 0.717) is 23.7 Å². The van der Waals surface area contributed by atoms with Crippen molar-refractivity contribution in [3.8, 4) is 5.69 Å². The summed E-state index contributed by atoms with van der Waals surface area (Å²) in [6.07, 6.45) is 5.07. The number of pyridine rings is 1. The minimum absolute atomic E-state index is 0.0593. The summed E-state index contributed by atoms with van der Waals surface area (Å²) in [7, 11) is 0. The maximum Gasteiger partial charge on any atom is 0.237 e. The summed E-state index contributed by atoms with van der Waals surface area (Å²) >= 11 is 7.57. The van der Waals surface area contributed by atoms with Crippen molar-refractivity contribution in [2.75, 3.05) is 29.6 Å². The van der Waals surface area contributed by atoms with Crippen LogP contribution in [0.3, 0.4) is 0 Å². The SMILES string of the molecule is CCN(C(=O)CSCCO)c1cn(-c2cccnc2)nc1Cl. The molecule has 6 nitrogen and oxygen atoms in total. The second-order valence-electron chi connectivity index (χ2n) is 4.38. The van der Waals surface area contributed by atoms with Crippen molar-refractivity contribution in [2.24, 2.45) is 0 Å². The summed E-state index contributed by atoms with van der Waals surface area (Å²) < 4.78 is 1.60. The van der Waals surface area contributed by atoms with E-state index in [2.05, 4.69) is 10.1 Å². The van der Waals surface area contributed by atoms with Gasteiger partial charge in [-0.1, -0.05) is 11.6 Å². The van der Waals surface area contributed by atoms with Crippen molar-refractivity contribution < 1.29 is 9.90 Å². The molecule has 0 saturated heterocycles. The zero-order chi connectivity index (χ0) is 15.9. The normalized spacial score (nSPS) is 10.7. The Labute approximate surface area is 138 Å². The molecule has 1 amide bonds. The number of nitrogens with zero attached hydrogens (tertiary/aromatic N) is 4. The number of rotatable bonds is 7. The summed E-state index contributed by atoms with van der Waals surface area (Å²) in [5.74, 6) is 0.767. The van der Waals surface area contributed by atoms with Crippen LogP contribution in [0, 0.1) is 0 Å². The van der Waals surface area contributed by atoms with E-state index in [1.807, 2.05) is 13.0 Å². The molecule has 0 bridgehead atoms. The fourth-order valence-electron chi connectivity index (χ4n) is 1.93. The van der Waals surface area contributed by atoms with E-state index in [0.717, 1.165) is 5.69 Å². The van der Waals surface area contributed by atoms with Gasteiger partial charge in [0.1, 0.15) is 5.69 Å². The number of hydrogen-bond acceptors (Lipinski definition) is 5. The highest BCUT2D eigenvalue weighted by Crippen LogP contribution is 2.26. The van der Waals surface area contributed by atoms with E-state index in [1.54, 1.807) is 34.2 Å². The first-order chi connectivity index (χ1) is 10.7. The zero-order valence-electron chi connectivity index (χ0n) is 12.1. The van der Waals surface area contributed by atoms with Crippen molar-refractivity contribution in [2.45, 2.75) is 6.92 Å². The lowest BCUT2D eigenvalue weighted by molar-refractivity contribution is -0.116. The Morgan fingerprint density at radius 2 is 2.36 bits per heavy atom. The smallest absolute Gasteiger partial charge is 0.237 e. The average Bonchev–Trinajstić information content (AvgIpc) is 2.91. The molecule has 0 aliphatic heterocycles. The van der Waals surface area contributed by atoms with Crippen LogP contribution in [0.2, 0.25) is 5.15 Å². The van der Waals surface area contributed by atoms with Crippen LogP contribution in [0.4, 0.5) is 5.69 Å². The van der Waals surface area contributed by atoms with Gasteiger partial charge in [-0.15, -0.1) is 11.8 Å². The molecule has 2 aromatic heterocycles. The molecule has 8 heteroatoms. The number of aliphatic hydroxyl groups is 1. The summed E-state index contributed by atoms with van der Waals surface area (Å²) in [6.45, 7) is 2.44.